The molecule has 1 unspecified atom stereocenters. The maximum absolute atomic E-state index is 12.4. The molecule has 7 nitrogen and oxygen atoms in total. The minimum atomic E-state index is -1.04. The van der Waals surface area contributed by atoms with Crippen LogP contribution in [0, 0.1) is 5.92 Å². The number of rotatable bonds is 10. The Kier molecular flexibility index (Phi) is 8.09. The van der Waals surface area contributed by atoms with Gasteiger partial charge in [-0.1, -0.05) is 62.4 Å². The largest absolute Gasteiger partial charge is 0.480 e. The summed E-state index contributed by atoms with van der Waals surface area (Å²) in [6.07, 6.45) is 0.332. The molecule has 0 spiro atoms. The number of alkyl carbamates (subject to hydrolysis) is 1. The molecule has 0 fully saturated rings. The van der Waals surface area contributed by atoms with Gasteiger partial charge in [-0.3, -0.25) is 4.79 Å². The molecule has 7 heteroatoms. The fourth-order valence-electron chi connectivity index (χ4n) is 4.22. The molecule has 2 atom stereocenters. The van der Waals surface area contributed by atoms with Gasteiger partial charge in [0.1, 0.15) is 12.6 Å². The lowest BCUT2D eigenvalue weighted by Gasteiger charge is -2.18. The molecule has 176 valence electrons. The number of carbonyl (C=O) groups is 3. The Morgan fingerprint density at radius 2 is 1.52 bits per heavy atom. The molecule has 0 saturated carbocycles. The third kappa shape index (κ3) is 6.34. The van der Waals surface area contributed by atoms with Crippen LogP contribution in [-0.4, -0.2) is 41.8 Å². The van der Waals surface area contributed by atoms with Gasteiger partial charge in [0.15, 0.2) is 0 Å². The number of hydrogen-bond donors (Lipinski definition) is 3. The first kappa shape index (κ1) is 24.3. The molecule has 2 amide bonds. The van der Waals surface area contributed by atoms with Crippen LogP contribution in [0.25, 0.3) is 11.1 Å². The Labute approximate surface area is 194 Å². The van der Waals surface area contributed by atoms with E-state index in [1.807, 2.05) is 38.1 Å². The van der Waals surface area contributed by atoms with Crippen molar-refractivity contribution in [2.75, 3.05) is 6.61 Å². The van der Waals surface area contributed by atoms with E-state index in [9.17, 15) is 19.5 Å². The minimum Gasteiger partial charge on any atom is -0.480 e. The zero-order valence-electron chi connectivity index (χ0n) is 19.3. The Balaban J connectivity index is 1.47. The van der Waals surface area contributed by atoms with Gasteiger partial charge in [0.05, 0.1) is 0 Å². The molecule has 33 heavy (non-hydrogen) atoms. The second-order valence-corrected chi connectivity index (χ2v) is 9.00. The molecule has 0 bridgehead atoms. The predicted octanol–water partition coefficient (Wildman–Crippen LogP) is 4.31. The van der Waals surface area contributed by atoms with Crippen molar-refractivity contribution in [1.82, 2.24) is 10.6 Å². The number of ether oxygens (including phenoxy) is 1. The molecule has 0 heterocycles. The summed E-state index contributed by atoms with van der Waals surface area (Å²) < 4.78 is 5.53. The van der Waals surface area contributed by atoms with Gasteiger partial charge in [0, 0.05) is 18.4 Å². The zero-order valence-corrected chi connectivity index (χ0v) is 19.3. The van der Waals surface area contributed by atoms with Gasteiger partial charge in [-0.25, -0.2) is 9.59 Å². The van der Waals surface area contributed by atoms with E-state index in [1.165, 1.54) is 11.1 Å². The quantitative estimate of drug-likeness (QED) is 0.498. The smallest absolute Gasteiger partial charge is 0.407 e. The molecule has 3 rings (SSSR count). The lowest BCUT2D eigenvalue weighted by Crippen LogP contribution is -2.42. The Morgan fingerprint density at radius 1 is 0.939 bits per heavy atom. The molecule has 2 aromatic carbocycles. The lowest BCUT2D eigenvalue weighted by molar-refractivity contribution is -0.142. The summed E-state index contributed by atoms with van der Waals surface area (Å²) in [6, 6.07) is 15.1. The highest BCUT2D eigenvalue weighted by Gasteiger charge is 2.29. The van der Waals surface area contributed by atoms with Crippen LogP contribution in [0.5, 0.6) is 0 Å². The molecule has 0 aliphatic heterocycles. The zero-order chi connectivity index (χ0) is 24.0. The van der Waals surface area contributed by atoms with Gasteiger partial charge < -0.3 is 20.5 Å². The number of carboxylic acid groups (broad SMARTS) is 1. The van der Waals surface area contributed by atoms with Crippen molar-refractivity contribution in [2.24, 2.45) is 5.92 Å². The first-order chi connectivity index (χ1) is 15.8. The number of fused-ring (bicyclic) bond motifs is 3. The topological polar surface area (TPSA) is 105 Å². The van der Waals surface area contributed by atoms with E-state index in [4.69, 9.17) is 4.74 Å². The van der Waals surface area contributed by atoms with Crippen LogP contribution in [0.2, 0.25) is 0 Å². The number of carbonyl (C=O) groups excluding carboxylic acids is 2. The predicted molar refractivity (Wildman–Crippen MR) is 126 cm³/mol. The van der Waals surface area contributed by atoms with Crippen molar-refractivity contribution in [1.29, 1.82) is 0 Å². The summed E-state index contributed by atoms with van der Waals surface area (Å²) in [5, 5.41) is 14.6. The van der Waals surface area contributed by atoms with Gasteiger partial charge in [0.2, 0.25) is 5.91 Å². The van der Waals surface area contributed by atoms with Crippen LogP contribution in [0.15, 0.2) is 48.5 Å². The van der Waals surface area contributed by atoms with Crippen LogP contribution in [0.4, 0.5) is 4.79 Å². The van der Waals surface area contributed by atoms with E-state index >= 15 is 0 Å². The number of carboxylic acids is 1. The van der Waals surface area contributed by atoms with Gasteiger partial charge >= 0.3 is 12.1 Å². The van der Waals surface area contributed by atoms with Crippen molar-refractivity contribution < 1.29 is 24.2 Å². The van der Waals surface area contributed by atoms with E-state index in [2.05, 4.69) is 34.9 Å². The number of benzene rings is 2. The molecule has 1 aliphatic carbocycles. The fourth-order valence-corrected chi connectivity index (χ4v) is 4.22. The van der Waals surface area contributed by atoms with Crippen LogP contribution >= 0.6 is 0 Å². The molecular formula is C26H32N2O5. The first-order valence-electron chi connectivity index (χ1n) is 11.4. The summed E-state index contributed by atoms with van der Waals surface area (Å²) in [6.45, 7) is 5.82. The van der Waals surface area contributed by atoms with Crippen LogP contribution in [-0.2, 0) is 14.3 Å². The molecule has 1 aliphatic rings. The maximum atomic E-state index is 12.4. The molecular weight excluding hydrogens is 420 g/mol. The number of amides is 2. The fraction of sp³-hybridized carbons (Fsp3) is 0.423. The lowest BCUT2D eigenvalue weighted by atomic mass is 9.98. The third-order valence-electron chi connectivity index (χ3n) is 5.85. The van der Waals surface area contributed by atoms with Crippen LogP contribution < -0.4 is 10.6 Å². The van der Waals surface area contributed by atoms with Crippen LogP contribution in [0.1, 0.15) is 57.1 Å². The van der Waals surface area contributed by atoms with E-state index in [-0.39, 0.29) is 36.8 Å². The summed E-state index contributed by atoms with van der Waals surface area (Å²) in [5.74, 6) is -1.25. The summed E-state index contributed by atoms with van der Waals surface area (Å²) in [7, 11) is 0. The van der Waals surface area contributed by atoms with Crippen molar-refractivity contribution in [3.63, 3.8) is 0 Å². The van der Waals surface area contributed by atoms with E-state index in [1.54, 1.807) is 6.92 Å². The summed E-state index contributed by atoms with van der Waals surface area (Å²) in [4.78, 5) is 35.8. The van der Waals surface area contributed by atoms with Crippen molar-refractivity contribution in [3.8, 4) is 11.1 Å². The molecule has 2 aromatic rings. The molecule has 0 radical (unpaired) electrons. The molecule has 0 aromatic heterocycles. The molecule has 0 saturated heterocycles. The highest BCUT2D eigenvalue weighted by Crippen LogP contribution is 2.44. The summed E-state index contributed by atoms with van der Waals surface area (Å²) in [5.41, 5.74) is 4.62. The van der Waals surface area contributed by atoms with Gasteiger partial charge in [0.25, 0.3) is 0 Å². The minimum absolute atomic E-state index is 0.0156. The Morgan fingerprint density at radius 3 is 2.06 bits per heavy atom. The number of nitrogens with one attached hydrogen (secondary N) is 2. The second-order valence-electron chi connectivity index (χ2n) is 9.00. The van der Waals surface area contributed by atoms with Crippen LogP contribution in [0.3, 0.4) is 0 Å². The average Bonchev–Trinajstić information content (AvgIpc) is 3.09. The van der Waals surface area contributed by atoms with E-state index in [0.717, 1.165) is 11.1 Å². The third-order valence-corrected chi connectivity index (χ3v) is 5.85. The second kappa shape index (κ2) is 11.0. The monoisotopic (exact) mass is 452 g/mol. The Hall–Kier alpha value is -3.35. The van der Waals surface area contributed by atoms with Gasteiger partial charge in [-0.15, -0.1) is 0 Å². The van der Waals surface area contributed by atoms with E-state index < -0.39 is 18.1 Å². The standard InChI is InChI=1S/C26H32N2O5/c1-16(2)14-23(25(30)31)28-24(29)13-12-17(3)27-26(32)33-15-22-20-10-6-4-8-18(20)19-9-5-7-11-21(19)22/h4-11,16-17,22-23H,12-15H2,1-3H3,(H,27,32)(H,28,29)(H,30,31)/t17?,23-/m0/s1. The van der Waals surface area contributed by atoms with Crippen molar-refractivity contribution in [3.05, 3.63) is 59.7 Å². The van der Waals surface area contributed by atoms with E-state index in [0.29, 0.717) is 12.8 Å². The van der Waals surface area contributed by atoms with Crippen molar-refractivity contribution >= 4 is 18.0 Å². The normalized spacial score (nSPS) is 14.2. The van der Waals surface area contributed by atoms with Crippen molar-refractivity contribution in [2.45, 2.75) is 58.0 Å². The molecule has 3 N–H and O–H groups in total. The highest BCUT2D eigenvalue weighted by atomic mass is 16.5. The highest BCUT2D eigenvalue weighted by molar-refractivity contribution is 5.83. The number of hydrogen-bond acceptors (Lipinski definition) is 4. The van der Waals surface area contributed by atoms with Gasteiger partial charge in [-0.2, -0.15) is 0 Å². The Bertz CT molecular complexity index is 958. The first-order valence-corrected chi connectivity index (χ1v) is 11.4. The van der Waals surface area contributed by atoms with Gasteiger partial charge in [-0.05, 0) is 47.9 Å². The maximum Gasteiger partial charge on any atom is 0.407 e. The SMILES string of the molecule is CC(C)C[C@H](NC(=O)CCC(C)NC(=O)OCC1c2ccccc2-c2ccccc21)C(=O)O. The number of aliphatic carboxylic acids is 1. The summed E-state index contributed by atoms with van der Waals surface area (Å²) >= 11 is 0. The average molecular weight is 453 g/mol.